The minimum Gasteiger partial charge on any atom is -0.478 e. The van der Waals surface area contributed by atoms with Gasteiger partial charge < -0.3 is 19.1 Å². The van der Waals surface area contributed by atoms with Crippen LogP contribution in [-0.2, 0) is 17.1 Å². The summed E-state index contributed by atoms with van der Waals surface area (Å²) in [5.74, 6) is -0.339. The number of likely N-dealkylation sites (tertiary alicyclic amines) is 1. The predicted octanol–water partition coefficient (Wildman–Crippen LogP) is 7.41. The molecule has 0 radical (unpaired) electrons. The second-order valence-electron chi connectivity index (χ2n) is 11.2. The molecule has 9 heteroatoms. The molecule has 43 heavy (non-hydrogen) atoms. The van der Waals surface area contributed by atoms with Gasteiger partial charge in [-0.15, -0.1) is 0 Å². The van der Waals surface area contributed by atoms with Crippen LogP contribution in [0.4, 0.5) is 4.39 Å². The Morgan fingerprint density at radius 3 is 2.63 bits per heavy atom. The van der Waals surface area contributed by atoms with Crippen LogP contribution in [0.5, 0.6) is 11.5 Å². The molecular formula is C34H33ClFN3O4. The number of carboxylic acids is 1. The van der Waals surface area contributed by atoms with Crippen molar-refractivity contribution in [1.29, 1.82) is 0 Å². The molecule has 1 saturated heterocycles. The topological polar surface area (TPSA) is 76.8 Å². The predicted molar refractivity (Wildman–Crippen MR) is 163 cm³/mol. The molecule has 0 spiro atoms. The smallest absolute Gasteiger partial charge is 0.328 e. The number of piperidine rings is 1. The summed E-state index contributed by atoms with van der Waals surface area (Å²) >= 11 is 5.97. The summed E-state index contributed by atoms with van der Waals surface area (Å²) in [4.78, 5) is 18.3. The largest absolute Gasteiger partial charge is 0.478 e. The average molecular weight is 602 g/mol. The highest BCUT2D eigenvalue weighted by Crippen LogP contribution is 2.49. The summed E-state index contributed by atoms with van der Waals surface area (Å²) in [5, 5.41) is 9.53. The number of hydrogen-bond acceptors (Lipinski definition) is 5. The number of imidazole rings is 1. The molecule has 1 N–H and O–H groups in total. The first-order valence-electron chi connectivity index (χ1n) is 14.4. The third-order valence-electron chi connectivity index (χ3n) is 8.39. The lowest BCUT2D eigenvalue weighted by Crippen LogP contribution is -2.34. The van der Waals surface area contributed by atoms with Gasteiger partial charge in [0.15, 0.2) is 11.5 Å². The lowest BCUT2D eigenvalue weighted by Gasteiger charge is -2.33. The lowest BCUT2D eigenvalue weighted by atomic mass is 9.88. The SMILES string of the molecule is C[C@@H](c1ccccc1)n1c(/C=C/C(=O)O)cnc1CN1CCC(c2cccc3c2OC(C)(c2ccc(Cl)cc2F)O3)CC1. The molecule has 3 aromatic carbocycles. The summed E-state index contributed by atoms with van der Waals surface area (Å²) in [6.07, 6.45) is 6.31. The molecule has 1 aromatic heterocycles. The van der Waals surface area contributed by atoms with Gasteiger partial charge in [0.1, 0.15) is 11.6 Å². The molecule has 4 aromatic rings. The van der Waals surface area contributed by atoms with E-state index < -0.39 is 17.6 Å². The quantitative estimate of drug-likeness (QED) is 0.212. The molecule has 0 amide bonds. The van der Waals surface area contributed by atoms with E-state index in [0.29, 0.717) is 28.6 Å². The molecular weight excluding hydrogens is 569 g/mol. The number of benzene rings is 3. The fraction of sp³-hybridized carbons (Fsp3) is 0.294. The average Bonchev–Trinajstić information content (AvgIpc) is 3.56. The van der Waals surface area contributed by atoms with Crippen LogP contribution >= 0.6 is 11.6 Å². The molecule has 2 atom stereocenters. The minimum atomic E-state index is -1.28. The van der Waals surface area contributed by atoms with Gasteiger partial charge in [0.05, 0.1) is 30.0 Å². The molecule has 2 aliphatic rings. The molecule has 0 saturated carbocycles. The standard InChI is InChI=1S/C34H33ClFN3O4/c1-22(23-7-4-3-5-8-23)39-26(12-14-32(40)41)20-37-31(39)21-38-17-15-24(16-18-38)27-9-6-10-30-33(27)43-34(2,42-30)28-13-11-25(35)19-29(28)36/h3-14,19-20,22,24H,15-18,21H2,1-2H3,(H,40,41)/b14-12+/t22-,34?/m0/s1. The third kappa shape index (κ3) is 5.90. The zero-order valence-electron chi connectivity index (χ0n) is 24.0. The fourth-order valence-corrected chi connectivity index (χ4v) is 6.34. The van der Waals surface area contributed by atoms with E-state index in [-0.39, 0.29) is 12.0 Å². The maximum absolute atomic E-state index is 14.8. The van der Waals surface area contributed by atoms with Gasteiger partial charge in [-0.1, -0.05) is 54.1 Å². The van der Waals surface area contributed by atoms with Crippen LogP contribution in [0.25, 0.3) is 6.08 Å². The molecule has 0 bridgehead atoms. The normalized spacial score (nSPS) is 19.6. The van der Waals surface area contributed by atoms with Crippen LogP contribution in [0.3, 0.4) is 0 Å². The van der Waals surface area contributed by atoms with Gasteiger partial charge >= 0.3 is 5.97 Å². The number of carbonyl (C=O) groups is 1. The lowest BCUT2D eigenvalue weighted by molar-refractivity contribution is -0.131. The van der Waals surface area contributed by atoms with Gasteiger partial charge in [0.25, 0.3) is 5.79 Å². The highest BCUT2D eigenvalue weighted by Gasteiger charge is 2.43. The number of para-hydroxylation sites is 1. The van der Waals surface area contributed by atoms with E-state index in [9.17, 15) is 14.3 Å². The van der Waals surface area contributed by atoms with Gasteiger partial charge in [0.2, 0.25) is 0 Å². The van der Waals surface area contributed by atoms with Gasteiger partial charge in [-0.25, -0.2) is 14.2 Å². The number of halogens is 2. The summed E-state index contributed by atoms with van der Waals surface area (Å²) in [6, 6.07) is 20.5. The van der Waals surface area contributed by atoms with Gasteiger partial charge in [-0.3, -0.25) is 4.90 Å². The highest BCUT2D eigenvalue weighted by molar-refractivity contribution is 6.30. The number of fused-ring (bicyclic) bond motifs is 1. The number of ether oxygens (including phenoxy) is 2. The van der Waals surface area contributed by atoms with Crippen LogP contribution in [-0.4, -0.2) is 38.6 Å². The van der Waals surface area contributed by atoms with Crippen molar-refractivity contribution in [3.05, 3.63) is 118 Å². The van der Waals surface area contributed by atoms with Crippen LogP contribution < -0.4 is 9.47 Å². The number of nitrogens with zero attached hydrogens (tertiary/aromatic N) is 3. The van der Waals surface area contributed by atoms with E-state index >= 15 is 0 Å². The molecule has 1 fully saturated rings. The van der Waals surface area contributed by atoms with Crippen molar-refractivity contribution >= 4 is 23.6 Å². The Morgan fingerprint density at radius 1 is 1.14 bits per heavy atom. The van der Waals surface area contributed by atoms with Crippen LogP contribution in [0.1, 0.15) is 66.9 Å². The summed E-state index contributed by atoms with van der Waals surface area (Å²) < 4.78 is 29.5. The number of carboxylic acid groups (broad SMARTS) is 1. The van der Waals surface area contributed by atoms with Crippen molar-refractivity contribution in [1.82, 2.24) is 14.5 Å². The molecule has 7 nitrogen and oxygen atoms in total. The van der Waals surface area contributed by atoms with Gasteiger partial charge in [0, 0.05) is 23.6 Å². The zero-order chi connectivity index (χ0) is 30.1. The van der Waals surface area contributed by atoms with Crippen LogP contribution in [0, 0.1) is 5.82 Å². The zero-order valence-corrected chi connectivity index (χ0v) is 24.8. The molecule has 2 aliphatic heterocycles. The van der Waals surface area contributed by atoms with Crippen molar-refractivity contribution in [3.63, 3.8) is 0 Å². The van der Waals surface area contributed by atoms with E-state index in [1.165, 1.54) is 6.07 Å². The maximum Gasteiger partial charge on any atom is 0.328 e. The summed E-state index contributed by atoms with van der Waals surface area (Å²) in [7, 11) is 0. The Morgan fingerprint density at radius 2 is 1.91 bits per heavy atom. The van der Waals surface area contributed by atoms with Gasteiger partial charge in [-0.2, -0.15) is 0 Å². The Balaban J connectivity index is 1.18. The second-order valence-corrected chi connectivity index (χ2v) is 11.7. The van der Waals surface area contributed by atoms with Crippen molar-refractivity contribution in [2.45, 2.75) is 51.0 Å². The second kappa shape index (κ2) is 11.9. The van der Waals surface area contributed by atoms with E-state index in [4.69, 9.17) is 26.1 Å². The van der Waals surface area contributed by atoms with Crippen molar-refractivity contribution in [2.75, 3.05) is 13.1 Å². The molecule has 0 aliphatic carbocycles. The molecule has 6 rings (SSSR count). The minimum absolute atomic E-state index is 0.0199. The number of rotatable bonds is 8. The van der Waals surface area contributed by atoms with Crippen molar-refractivity contribution in [3.8, 4) is 11.5 Å². The monoisotopic (exact) mass is 601 g/mol. The molecule has 222 valence electrons. The fourth-order valence-electron chi connectivity index (χ4n) is 6.18. The highest BCUT2D eigenvalue weighted by atomic mass is 35.5. The molecule has 1 unspecified atom stereocenters. The van der Waals surface area contributed by atoms with Crippen molar-refractivity contribution in [2.24, 2.45) is 0 Å². The Hall–Kier alpha value is -4.14. The van der Waals surface area contributed by atoms with E-state index in [0.717, 1.165) is 54.7 Å². The Kier molecular flexibility index (Phi) is 7.99. The first kappa shape index (κ1) is 29.0. The maximum atomic E-state index is 14.8. The number of aliphatic carboxylic acids is 1. The van der Waals surface area contributed by atoms with Crippen LogP contribution in [0.2, 0.25) is 5.02 Å². The number of hydrogen-bond donors (Lipinski definition) is 1. The van der Waals surface area contributed by atoms with E-state index in [2.05, 4.69) is 34.6 Å². The third-order valence-corrected chi connectivity index (χ3v) is 8.63. The number of aromatic nitrogens is 2. The van der Waals surface area contributed by atoms with E-state index in [1.807, 2.05) is 30.3 Å². The first-order chi connectivity index (χ1) is 20.7. The first-order valence-corrected chi connectivity index (χ1v) is 14.8. The Bertz CT molecular complexity index is 1670. The van der Waals surface area contributed by atoms with Gasteiger partial charge in [-0.05, 0) is 74.7 Å². The van der Waals surface area contributed by atoms with Crippen molar-refractivity contribution < 1.29 is 23.8 Å². The van der Waals surface area contributed by atoms with E-state index in [1.54, 1.807) is 31.3 Å². The Labute approximate surface area is 255 Å². The molecule has 3 heterocycles. The van der Waals surface area contributed by atoms with Crippen LogP contribution in [0.15, 0.2) is 79.0 Å². The summed E-state index contributed by atoms with van der Waals surface area (Å²) in [5.41, 5.74) is 3.24. The summed E-state index contributed by atoms with van der Waals surface area (Å²) in [6.45, 7) is 6.18.